The van der Waals surface area contributed by atoms with Gasteiger partial charge in [-0.3, -0.25) is 9.59 Å². The monoisotopic (exact) mass is 414 g/mol. The van der Waals surface area contributed by atoms with Gasteiger partial charge in [-0.2, -0.15) is 0 Å². The molecule has 0 spiro atoms. The molecule has 0 aliphatic heterocycles. The second-order valence-electron chi connectivity index (χ2n) is 8.68. The number of hydrogen-bond donors (Lipinski definition) is 1. The van der Waals surface area contributed by atoms with Gasteiger partial charge in [-0.1, -0.05) is 18.2 Å². The minimum Gasteiger partial charge on any atom is -0.484 e. The molecule has 2 aromatic rings. The van der Waals surface area contributed by atoms with Crippen molar-refractivity contribution in [3.05, 3.63) is 65.0 Å². The molecule has 6 heteroatoms. The number of halogens is 1. The van der Waals surface area contributed by atoms with E-state index in [1.807, 2.05) is 52.8 Å². The zero-order chi connectivity index (χ0) is 22.5. The molecule has 2 amide bonds. The number of amides is 2. The maximum absolute atomic E-state index is 13.3. The summed E-state index contributed by atoms with van der Waals surface area (Å²) in [6.45, 7) is 11.2. The van der Waals surface area contributed by atoms with Crippen molar-refractivity contribution in [1.82, 2.24) is 10.2 Å². The van der Waals surface area contributed by atoms with Gasteiger partial charge >= 0.3 is 0 Å². The van der Waals surface area contributed by atoms with E-state index in [4.69, 9.17) is 4.74 Å². The number of hydrogen-bond acceptors (Lipinski definition) is 3. The normalized spacial score (nSPS) is 12.2. The first-order valence-corrected chi connectivity index (χ1v) is 10.0. The number of benzene rings is 2. The van der Waals surface area contributed by atoms with Crippen molar-refractivity contribution in [3.63, 3.8) is 0 Å². The van der Waals surface area contributed by atoms with E-state index in [2.05, 4.69) is 5.32 Å². The molecule has 0 aliphatic carbocycles. The number of carbonyl (C=O) groups excluding carboxylic acids is 2. The second kappa shape index (κ2) is 9.74. The van der Waals surface area contributed by atoms with Crippen LogP contribution in [0.1, 0.15) is 44.4 Å². The summed E-state index contributed by atoms with van der Waals surface area (Å²) in [5, 5.41) is 2.90. The van der Waals surface area contributed by atoms with E-state index in [0.717, 1.165) is 16.7 Å². The third-order valence-corrected chi connectivity index (χ3v) is 4.49. The van der Waals surface area contributed by atoms with Crippen molar-refractivity contribution < 1.29 is 18.7 Å². The Morgan fingerprint density at radius 1 is 1.07 bits per heavy atom. The molecule has 162 valence electrons. The number of aryl methyl sites for hydroxylation is 2. The smallest absolute Gasteiger partial charge is 0.261 e. The minimum atomic E-state index is -0.718. The highest BCUT2D eigenvalue weighted by Gasteiger charge is 2.28. The van der Waals surface area contributed by atoms with Crippen LogP contribution in [0.25, 0.3) is 0 Å². The molecule has 0 aliphatic rings. The third kappa shape index (κ3) is 7.17. The summed E-state index contributed by atoms with van der Waals surface area (Å²) in [5.74, 6) is -0.331. The lowest BCUT2D eigenvalue weighted by Crippen LogP contribution is -2.53. The average Bonchev–Trinajstić information content (AvgIpc) is 2.63. The number of ether oxygens (including phenoxy) is 1. The summed E-state index contributed by atoms with van der Waals surface area (Å²) in [7, 11) is 0. The van der Waals surface area contributed by atoms with E-state index in [1.165, 1.54) is 17.0 Å². The first-order valence-electron chi connectivity index (χ1n) is 10.0. The molecule has 2 rings (SSSR count). The molecule has 1 N–H and O–H groups in total. The van der Waals surface area contributed by atoms with Gasteiger partial charge < -0.3 is 15.0 Å². The summed E-state index contributed by atoms with van der Waals surface area (Å²) in [6, 6.07) is 10.9. The maximum Gasteiger partial charge on any atom is 0.261 e. The van der Waals surface area contributed by atoms with Crippen LogP contribution in [0, 0.1) is 19.7 Å². The van der Waals surface area contributed by atoms with Crippen LogP contribution < -0.4 is 10.1 Å². The van der Waals surface area contributed by atoms with Gasteiger partial charge in [0.1, 0.15) is 17.6 Å². The van der Waals surface area contributed by atoms with Crippen molar-refractivity contribution in [2.45, 2.75) is 59.7 Å². The Labute approximate surface area is 178 Å². The summed E-state index contributed by atoms with van der Waals surface area (Å²) in [5.41, 5.74) is 2.38. The molecule has 2 aromatic carbocycles. The number of nitrogens with zero attached hydrogens (tertiary/aromatic N) is 1. The van der Waals surface area contributed by atoms with Gasteiger partial charge in [-0.25, -0.2) is 4.39 Å². The van der Waals surface area contributed by atoms with Crippen LogP contribution in [-0.4, -0.2) is 34.9 Å². The van der Waals surface area contributed by atoms with Crippen molar-refractivity contribution in [2.24, 2.45) is 0 Å². The Morgan fingerprint density at radius 3 is 2.17 bits per heavy atom. The molecule has 0 saturated heterocycles. The Kier molecular flexibility index (Phi) is 7.59. The molecule has 0 bridgehead atoms. The highest BCUT2D eigenvalue weighted by molar-refractivity contribution is 5.88. The van der Waals surface area contributed by atoms with Crippen molar-refractivity contribution in [3.8, 4) is 5.75 Å². The fraction of sp³-hybridized carbons (Fsp3) is 0.417. The summed E-state index contributed by atoms with van der Waals surface area (Å²) in [6.07, 6.45) is 0. The average molecular weight is 415 g/mol. The molecule has 30 heavy (non-hydrogen) atoms. The zero-order valence-electron chi connectivity index (χ0n) is 18.6. The second-order valence-corrected chi connectivity index (χ2v) is 8.68. The topological polar surface area (TPSA) is 58.6 Å². The van der Waals surface area contributed by atoms with Crippen molar-refractivity contribution in [1.29, 1.82) is 0 Å². The lowest BCUT2D eigenvalue weighted by molar-refractivity contribution is -0.142. The SMILES string of the molecule is Cc1cc(C)cc(OCC(=O)N(Cc2ccc(F)cc2)[C@@H](C)C(=O)NC(C)(C)C)c1. The van der Waals surface area contributed by atoms with Crippen molar-refractivity contribution in [2.75, 3.05) is 6.61 Å². The molecule has 0 heterocycles. The predicted octanol–water partition coefficient (Wildman–Crippen LogP) is 4.15. The van der Waals surface area contributed by atoms with E-state index < -0.39 is 11.6 Å². The molecule has 5 nitrogen and oxygen atoms in total. The maximum atomic E-state index is 13.3. The van der Waals surface area contributed by atoms with Crippen LogP contribution in [0.4, 0.5) is 4.39 Å². The molecule has 1 atom stereocenters. The zero-order valence-corrected chi connectivity index (χ0v) is 18.6. The third-order valence-electron chi connectivity index (χ3n) is 4.49. The van der Waals surface area contributed by atoms with Crippen LogP contribution in [0.5, 0.6) is 5.75 Å². The van der Waals surface area contributed by atoms with Crippen LogP contribution in [0.15, 0.2) is 42.5 Å². The first kappa shape index (κ1) is 23.4. The molecular weight excluding hydrogens is 383 g/mol. The van der Waals surface area contributed by atoms with E-state index in [9.17, 15) is 14.0 Å². The Morgan fingerprint density at radius 2 is 1.63 bits per heavy atom. The fourth-order valence-electron chi connectivity index (χ4n) is 3.09. The summed E-state index contributed by atoms with van der Waals surface area (Å²) < 4.78 is 19.0. The van der Waals surface area contributed by atoms with Gasteiger partial charge in [-0.05, 0) is 82.5 Å². The quantitative estimate of drug-likeness (QED) is 0.740. The molecule has 0 unspecified atom stereocenters. The first-order chi connectivity index (χ1) is 13.9. The van der Waals surface area contributed by atoms with Crippen LogP contribution in [-0.2, 0) is 16.1 Å². The largest absolute Gasteiger partial charge is 0.484 e. The Hall–Kier alpha value is -2.89. The summed E-state index contributed by atoms with van der Waals surface area (Å²) >= 11 is 0. The number of carbonyl (C=O) groups is 2. The molecule has 0 saturated carbocycles. The standard InChI is InChI=1S/C24H31FN2O3/c1-16-11-17(2)13-21(12-16)30-15-22(28)27(14-19-7-9-20(25)10-8-19)18(3)23(29)26-24(4,5)6/h7-13,18H,14-15H2,1-6H3,(H,26,29)/t18-/m0/s1. The van der Waals surface area contributed by atoms with Crippen molar-refractivity contribution >= 4 is 11.8 Å². The fourth-order valence-corrected chi connectivity index (χ4v) is 3.09. The molecule has 0 radical (unpaired) electrons. The lowest BCUT2D eigenvalue weighted by atomic mass is 10.1. The Bertz CT molecular complexity index is 868. The van der Waals surface area contributed by atoms with E-state index in [-0.39, 0.29) is 30.8 Å². The lowest BCUT2D eigenvalue weighted by Gasteiger charge is -2.31. The van der Waals surface area contributed by atoms with Crippen LogP contribution in [0.2, 0.25) is 0 Å². The van der Waals surface area contributed by atoms with Crippen LogP contribution >= 0.6 is 0 Å². The van der Waals surface area contributed by atoms with E-state index >= 15 is 0 Å². The van der Waals surface area contributed by atoms with Gasteiger partial charge in [-0.15, -0.1) is 0 Å². The molecular formula is C24H31FN2O3. The van der Waals surface area contributed by atoms with Gasteiger partial charge in [0.2, 0.25) is 5.91 Å². The van der Waals surface area contributed by atoms with Gasteiger partial charge in [0.25, 0.3) is 5.91 Å². The highest BCUT2D eigenvalue weighted by Crippen LogP contribution is 2.17. The van der Waals surface area contributed by atoms with E-state index in [1.54, 1.807) is 19.1 Å². The van der Waals surface area contributed by atoms with E-state index in [0.29, 0.717) is 5.75 Å². The number of rotatable bonds is 7. The Balaban J connectivity index is 2.18. The van der Waals surface area contributed by atoms with Crippen LogP contribution in [0.3, 0.4) is 0 Å². The number of nitrogens with one attached hydrogen (secondary N) is 1. The minimum absolute atomic E-state index is 0.175. The predicted molar refractivity (Wildman–Crippen MR) is 116 cm³/mol. The highest BCUT2D eigenvalue weighted by atomic mass is 19.1. The van der Waals surface area contributed by atoms with Gasteiger partial charge in [0.05, 0.1) is 0 Å². The van der Waals surface area contributed by atoms with Gasteiger partial charge in [0, 0.05) is 12.1 Å². The van der Waals surface area contributed by atoms with Gasteiger partial charge in [0.15, 0.2) is 6.61 Å². The summed E-state index contributed by atoms with van der Waals surface area (Å²) in [4.78, 5) is 27.2. The molecule has 0 aromatic heterocycles. The molecule has 0 fully saturated rings.